The minimum atomic E-state index is -0.649. The van der Waals surface area contributed by atoms with Crippen LogP contribution in [0, 0.1) is 18.8 Å². The number of hydrogen-bond donors (Lipinski definition) is 1. The number of likely N-dealkylation sites (tertiary alicyclic amines) is 1. The fourth-order valence-electron chi connectivity index (χ4n) is 4.89. The lowest BCUT2D eigenvalue weighted by atomic mass is 9.92. The van der Waals surface area contributed by atoms with Gasteiger partial charge >= 0.3 is 0 Å². The quantitative estimate of drug-likeness (QED) is 0.589. The van der Waals surface area contributed by atoms with Gasteiger partial charge in [-0.05, 0) is 51.1 Å². The van der Waals surface area contributed by atoms with Gasteiger partial charge in [0.1, 0.15) is 6.04 Å². The van der Waals surface area contributed by atoms with E-state index in [1.165, 1.54) is 11.1 Å². The van der Waals surface area contributed by atoms with Crippen LogP contribution in [-0.4, -0.2) is 46.8 Å². The van der Waals surface area contributed by atoms with Gasteiger partial charge in [0.15, 0.2) is 0 Å². The summed E-state index contributed by atoms with van der Waals surface area (Å²) < 4.78 is 3.32. The van der Waals surface area contributed by atoms with Crippen LogP contribution < -0.4 is 10.9 Å². The Kier molecular flexibility index (Phi) is 6.44. The standard InChI is InChI=1S/C24H32N4O2S/c1-15-12-16(2)14-27(13-15)11-7-10-25-23(29)18(4)28-24(30)21-19-8-5-6-9-20(19)31-22(21)17(3)26-28/h5-6,8-9,15-16,18H,7,10-14H2,1-4H3,(H,25,29). The normalized spacial score (nSPS) is 20.9. The third-order valence-corrected chi connectivity index (χ3v) is 7.52. The second-order valence-electron chi connectivity index (χ2n) is 9.16. The maximum atomic E-state index is 13.2. The molecule has 31 heavy (non-hydrogen) atoms. The highest BCUT2D eigenvalue weighted by molar-refractivity contribution is 7.26. The van der Waals surface area contributed by atoms with Crippen LogP contribution in [0.15, 0.2) is 29.1 Å². The molecule has 0 aliphatic carbocycles. The molecule has 4 rings (SSSR count). The van der Waals surface area contributed by atoms with Gasteiger partial charge in [0.25, 0.3) is 5.56 Å². The van der Waals surface area contributed by atoms with Gasteiger partial charge in [-0.2, -0.15) is 5.10 Å². The summed E-state index contributed by atoms with van der Waals surface area (Å²) in [6, 6.07) is 7.24. The SMILES string of the molecule is Cc1nn(C(C)C(=O)NCCCN2CC(C)CC(C)C2)c(=O)c2c1sc1ccccc12. The third-order valence-electron chi connectivity index (χ3n) is 6.24. The number of nitrogens with zero attached hydrogens (tertiary/aromatic N) is 3. The van der Waals surface area contributed by atoms with Crippen LogP contribution in [0.3, 0.4) is 0 Å². The number of carbonyl (C=O) groups excluding carboxylic acids is 1. The second kappa shape index (κ2) is 9.09. The van der Waals surface area contributed by atoms with Crippen LogP contribution in [0.5, 0.6) is 0 Å². The molecule has 1 N–H and O–H groups in total. The van der Waals surface area contributed by atoms with E-state index in [2.05, 4.69) is 29.2 Å². The van der Waals surface area contributed by atoms with Crippen LogP contribution in [-0.2, 0) is 4.79 Å². The van der Waals surface area contributed by atoms with Gasteiger partial charge < -0.3 is 10.2 Å². The van der Waals surface area contributed by atoms with E-state index < -0.39 is 6.04 Å². The first-order valence-electron chi connectivity index (χ1n) is 11.3. The van der Waals surface area contributed by atoms with Gasteiger partial charge in [0.2, 0.25) is 5.91 Å². The highest BCUT2D eigenvalue weighted by Gasteiger charge is 2.23. The van der Waals surface area contributed by atoms with Crippen LogP contribution in [0.2, 0.25) is 0 Å². The molecule has 1 saturated heterocycles. The van der Waals surface area contributed by atoms with Gasteiger partial charge in [0.05, 0.1) is 15.8 Å². The first-order valence-corrected chi connectivity index (χ1v) is 12.1. The summed E-state index contributed by atoms with van der Waals surface area (Å²) in [5.41, 5.74) is 0.584. The van der Waals surface area contributed by atoms with Crippen molar-refractivity contribution in [2.75, 3.05) is 26.2 Å². The van der Waals surface area contributed by atoms with Crippen LogP contribution in [0.25, 0.3) is 20.2 Å². The predicted octanol–water partition coefficient (Wildman–Crippen LogP) is 3.96. The average molecular weight is 441 g/mol. The lowest BCUT2D eigenvalue weighted by Crippen LogP contribution is -2.41. The molecule has 1 fully saturated rings. The zero-order valence-electron chi connectivity index (χ0n) is 18.9. The van der Waals surface area contributed by atoms with Crippen molar-refractivity contribution in [3.8, 4) is 0 Å². The molecule has 3 atom stereocenters. The second-order valence-corrected chi connectivity index (χ2v) is 10.2. The van der Waals surface area contributed by atoms with E-state index in [1.807, 2.05) is 31.2 Å². The molecule has 0 radical (unpaired) electrons. The van der Waals surface area contributed by atoms with Gasteiger partial charge in [-0.25, -0.2) is 4.68 Å². The Bertz CT molecular complexity index is 1140. The molecule has 1 aliphatic rings. The molecular formula is C24H32N4O2S. The molecule has 0 bridgehead atoms. The summed E-state index contributed by atoms with van der Waals surface area (Å²) in [7, 11) is 0. The lowest BCUT2D eigenvalue weighted by molar-refractivity contribution is -0.124. The highest BCUT2D eigenvalue weighted by Crippen LogP contribution is 2.32. The Hall–Kier alpha value is -2.25. The Morgan fingerprint density at radius 1 is 1.26 bits per heavy atom. The molecule has 1 amide bonds. The highest BCUT2D eigenvalue weighted by atomic mass is 32.1. The number of amides is 1. The fraction of sp³-hybridized carbons (Fsp3) is 0.542. The summed E-state index contributed by atoms with van der Waals surface area (Å²) >= 11 is 1.58. The summed E-state index contributed by atoms with van der Waals surface area (Å²) in [6.07, 6.45) is 2.21. The van der Waals surface area contributed by atoms with E-state index in [1.54, 1.807) is 18.3 Å². The molecule has 3 heterocycles. The number of rotatable bonds is 6. The first-order chi connectivity index (χ1) is 14.8. The van der Waals surface area contributed by atoms with Crippen molar-refractivity contribution in [3.05, 3.63) is 40.3 Å². The number of aryl methyl sites for hydroxylation is 1. The first kappa shape index (κ1) is 22.0. The van der Waals surface area contributed by atoms with Gasteiger partial charge in [-0.1, -0.05) is 32.0 Å². The average Bonchev–Trinajstić information content (AvgIpc) is 3.13. The number of benzene rings is 1. The van der Waals surface area contributed by atoms with Gasteiger partial charge in [-0.15, -0.1) is 11.3 Å². The summed E-state index contributed by atoms with van der Waals surface area (Å²) in [5, 5.41) is 9.09. The van der Waals surface area contributed by atoms with Gasteiger partial charge in [0, 0.05) is 29.7 Å². The Morgan fingerprint density at radius 3 is 2.71 bits per heavy atom. The summed E-state index contributed by atoms with van der Waals surface area (Å²) in [5.74, 6) is 1.32. The number of hydrogen-bond acceptors (Lipinski definition) is 5. The van der Waals surface area contributed by atoms with E-state index >= 15 is 0 Å². The topological polar surface area (TPSA) is 67.2 Å². The Balaban J connectivity index is 1.43. The summed E-state index contributed by atoms with van der Waals surface area (Å²) in [6.45, 7) is 12.2. The molecule has 3 aromatic rings. The number of fused-ring (bicyclic) bond motifs is 3. The molecule has 1 aromatic carbocycles. The molecule has 2 aromatic heterocycles. The molecular weight excluding hydrogens is 408 g/mol. The van der Waals surface area contributed by atoms with E-state index in [0.29, 0.717) is 11.9 Å². The van der Waals surface area contributed by atoms with Crippen molar-refractivity contribution in [1.29, 1.82) is 0 Å². The molecule has 166 valence electrons. The zero-order valence-corrected chi connectivity index (χ0v) is 19.7. The van der Waals surface area contributed by atoms with Crippen LogP contribution >= 0.6 is 11.3 Å². The molecule has 0 spiro atoms. The molecule has 6 nitrogen and oxygen atoms in total. The number of thiophene rings is 1. The van der Waals surface area contributed by atoms with E-state index in [0.717, 1.165) is 58.4 Å². The van der Waals surface area contributed by atoms with Gasteiger partial charge in [-0.3, -0.25) is 9.59 Å². The van der Waals surface area contributed by atoms with Crippen LogP contribution in [0.4, 0.5) is 0 Å². The van der Waals surface area contributed by atoms with Crippen molar-refractivity contribution < 1.29 is 4.79 Å². The van der Waals surface area contributed by atoms with Crippen molar-refractivity contribution in [3.63, 3.8) is 0 Å². The van der Waals surface area contributed by atoms with Crippen LogP contribution in [0.1, 0.15) is 45.3 Å². The Morgan fingerprint density at radius 2 is 1.97 bits per heavy atom. The molecule has 3 unspecified atom stereocenters. The largest absolute Gasteiger partial charge is 0.354 e. The fourth-order valence-corrected chi connectivity index (χ4v) is 6.02. The number of aromatic nitrogens is 2. The van der Waals surface area contributed by atoms with Crippen molar-refractivity contribution in [2.45, 2.75) is 46.6 Å². The molecule has 7 heteroatoms. The maximum Gasteiger partial charge on any atom is 0.276 e. The van der Waals surface area contributed by atoms with E-state index in [4.69, 9.17) is 0 Å². The van der Waals surface area contributed by atoms with Crippen molar-refractivity contribution in [1.82, 2.24) is 20.0 Å². The summed E-state index contributed by atoms with van der Waals surface area (Å²) in [4.78, 5) is 28.5. The Labute approximate surface area is 187 Å². The van der Waals surface area contributed by atoms with Crippen molar-refractivity contribution >= 4 is 37.4 Å². The number of nitrogens with one attached hydrogen (secondary N) is 1. The minimum absolute atomic E-state index is 0.159. The molecule has 0 saturated carbocycles. The monoisotopic (exact) mass is 440 g/mol. The minimum Gasteiger partial charge on any atom is -0.354 e. The van der Waals surface area contributed by atoms with E-state index in [9.17, 15) is 9.59 Å². The van der Waals surface area contributed by atoms with Crippen molar-refractivity contribution in [2.24, 2.45) is 11.8 Å². The lowest BCUT2D eigenvalue weighted by Gasteiger charge is -2.34. The number of piperidine rings is 1. The number of carbonyl (C=O) groups is 1. The predicted molar refractivity (Wildman–Crippen MR) is 128 cm³/mol. The third kappa shape index (κ3) is 4.53. The smallest absolute Gasteiger partial charge is 0.276 e. The maximum absolute atomic E-state index is 13.2. The van der Waals surface area contributed by atoms with E-state index in [-0.39, 0.29) is 11.5 Å². The zero-order chi connectivity index (χ0) is 22.1. The molecule has 1 aliphatic heterocycles.